The molecule has 0 bridgehead atoms. The van der Waals surface area contributed by atoms with Crippen LogP contribution in [0.1, 0.15) is 51.1 Å². The van der Waals surface area contributed by atoms with Crippen molar-refractivity contribution in [3.8, 4) is 5.75 Å². The molecule has 1 atom stereocenters. The summed E-state index contributed by atoms with van der Waals surface area (Å²) < 4.78 is 5.70. The third-order valence-corrected chi connectivity index (χ3v) is 3.44. The van der Waals surface area contributed by atoms with E-state index in [0.717, 1.165) is 18.8 Å². The lowest BCUT2D eigenvalue weighted by Gasteiger charge is -2.13. The molecule has 0 saturated heterocycles. The van der Waals surface area contributed by atoms with Crippen LogP contribution in [-0.4, -0.2) is 13.7 Å². The Bertz CT molecular complexity index is 354. The van der Waals surface area contributed by atoms with Gasteiger partial charge in [0, 0.05) is 6.04 Å². The van der Waals surface area contributed by atoms with Crippen LogP contribution in [0.25, 0.3) is 0 Å². The second-order valence-electron chi connectivity index (χ2n) is 4.61. The van der Waals surface area contributed by atoms with Gasteiger partial charge in [0.1, 0.15) is 5.75 Å². The molecule has 1 rings (SSSR count). The van der Waals surface area contributed by atoms with Gasteiger partial charge in [-0.2, -0.15) is 0 Å². The summed E-state index contributed by atoms with van der Waals surface area (Å²) in [6.07, 6.45) is 4.84. The minimum Gasteiger partial charge on any atom is -0.492 e. The molecule has 2 nitrogen and oxygen atoms in total. The zero-order chi connectivity index (χ0) is 13.4. The molecule has 0 amide bonds. The van der Waals surface area contributed by atoms with Gasteiger partial charge in [-0.3, -0.25) is 0 Å². The monoisotopic (exact) mass is 269 g/mol. The van der Waals surface area contributed by atoms with Crippen LogP contribution >= 0.6 is 11.6 Å². The summed E-state index contributed by atoms with van der Waals surface area (Å²) in [5.41, 5.74) is 1.18. The van der Waals surface area contributed by atoms with Crippen LogP contribution in [0.2, 0.25) is 5.02 Å². The van der Waals surface area contributed by atoms with E-state index in [-0.39, 0.29) is 0 Å². The molecule has 1 aromatic rings. The number of hydrogen-bond acceptors (Lipinski definition) is 2. The van der Waals surface area contributed by atoms with E-state index >= 15 is 0 Å². The minimum atomic E-state index is 0.307. The van der Waals surface area contributed by atoms with Crippen molar-refractivity contribution in [1.82, 2.24) is 5.32 Å². The molecule has 0 aromatic heterocycles. The maximum Gasteiger partial charge on any atom is 0.137 e. The van der Waals surface area contributed by atoms with E-state index in [1.807, 2.05) is 19.2 Å². The zero-order valence-electron chi connectivity index (χ0n) is 11.6. The van der Waals surface area contributed by atoms with Gasteiger partial charge in [0.25, 0.3) is 0 Å². The predicted octanol–water partition coefficient (Wildman–Crippen LogP) is 4.58. The Morgan fingerprint density at radius 3 is 2.67 bits per heavy atom. The van der Waals surface area contributed by atoms with Gasteiger partial charge in [0.05, 0.1) is 11.6 Å². The first-order valence-electron chi connectivity index (χ1n) is 6.78. The van der Waals surface area contributed by atoms with Crippen molar-refractivity contribution in [3.63, 3.8) is 0 Å². The summed E-state index contributed by atoms with van der Waals surface area (Å²) in [4.78, 5) is 0. The van der Waals surface area contributed by atoms with Crippen molar-refractivity contribution in [3.05, 3.63) is 28.8 Å². The maximum absolute atomic E-state index is 6.22. The van der Waals surface area contributed by atoms with Crippen LogP contribution in [0, 0.1) is 0 Å². The van der Waals surface area contributed by atoms with Gasteiger partial charge in [-0.15, -0.1) is 0 Å². The number of ether oxygens (including phenoxy) is 1. The fourth-order valence-electron chi connectivity index (χ4n) is 1.78. The first-order chi connectivity index (χ1) is 8.69. The van der Waals surface area contributed by atoms with Crippen LogP contribution in [0.5, 0.6) is 5.75 Å². The Morgan fingerprint density at radius 1 is 1.28 bits per heavy atom. The molecule has 1 N–H and O–H groups in total. The van der Waals surface area contributed by atoms with E-state index in [0.29, 0.717) is 11.1 Å². The highest BCUT2D eigenvalue weighted by Crippen LogP contribution is 2.28. The molecule has 0 spiro atoms. The van der Waals surface area contributed by atoms with Gasteiger partial charge in [-0.25, -0.2) is 0 Å². The second kappa shape index (κ2) is 8.39. The summed E-state index contributed by atoms with van der Waals surface area (Å²) in [5.74, 6) is 0.792. The SMILES string of the molecule is CCCCCCOc1ccc(C(C)NC)cc1Cl. The molecule has 0 heterocycles. The smallest absolute Gasteiger partial charge is 0.137 e. The molecular weight excluding hydrogens is 246 g/mol. The molecule has 0 fully saturated rings. The Kier molecular flexibility index (Phi) is 7.14. The number of hydrogen-bond donors (Lipinski definition) is 1. The lowest BCUT2D eigenvalue weighted by atomic mass is 10.1. The maximum atomic E-state index is 6.22. The van der Waals surface area contributed by atoms with Crippen LogP contribution in [0.3, 0.4) is 0 Å². The van der Waals surface area contributed by atoms with Crippen LogP contribution in [0.15, 0.2) is 18.2 Å². The quantitative estimate of drug-likeness (QED) is 0.698. The van der Waals surface area contributed by atoms with Gasteiger partial charge >= 0.3 is 0 Å². The molecule has 1 unspecified atom stereocenters. The van der Waals surface area contributed by atoms with E-state index in [4.69, 9.17) is 16.3 Å². The molecule has 0 aliphatic carbocycles. The third kappa shape index (κ3) is 4.87. The summed E-state index contributed by atoms with van der Waals surface area (Å²) in [7, 11) is 1.94. The number of benzene rings is 1. The largest absolute Gasteiger partial charge is 0.492 e. The fraction of sp³-hybridized carbons (Fsp3) is 0.600. The summed E-state index contributed by atoms with van der Waals surface area (Å²) in [6.45, 7) is 5.07. The third-order valence-electron chi connectivity index (χ3n) is 3.14. The van der Waals surface area contributed by atoms with Gasteiger partial charge in [0.2, 0.25) is 0 Å². The highest BCUT2D eigenvalue weighted by Gasteiger charge is 2.07. The first-order valence-corrected chi connectivity index (χ1v) is 7.16. The van der Waals surface area contributed by atoms with Gasteiger partial charge in [0.15, 0.2) is 0 Å². The molecule has 3 heteroatoms. The predicted molar refractivity (Wildman–Crippen MR) is 78.6 cm³/mol. The van der Waals surface area contributed by atoms with Crippen LogP contribution < -0.4 is 10.1 Å². The highest BCUT2D eigenvalue weighted by molar-refractivity contribution is 6.32. The van der Waals surface area contributed by atoms with E-state index < -0.39 is 0 Å². The number of nitrogens with one attached hydrogen (secondary N) is 1. The molecule has 102 valence electrons. The normalized spacial score (nSPS) is 12.4. The van der Waals surface area contributed by atoms with Crippen molar-refractivity contribution in [2.24, 2.45) is 0 Å². The van der Waals surface area contributed by atoms with Crippen molar-refractivity contribution >= 4 is 11.6 Å². The van der Waals surface area contributed by atoms with Crippen molar-refractivity contribution in [2.75, 3.05) is 13.7 Å². The average molecular weight is 270 g/mol. The molecular formula is C15H24ClNO. The summed E-state index contributed by atoms with van der Waals surface area (Å²) >= 11 is 6.22. The average Bonchev–Trinajstić information content (AvgIpc) is 2.39. The highest BCUT2D eigenvalue weighted by atomic mass is 35.5. The standard InChI is InChI=1S/C15H24ClNO/c1-4-5-6-7-10-18-15-9-8-13(11-14(15)16)12(2)17-3/h8-9,11-12,17H,4-7,10H2,1-3H3. The second-order valence-corrected chi connectivity index (χ2v) is 5.02. The van der Waals surface area contributed by atoms with E-state index in [9.17, 15) is 0 Å². The van der Waals surface area contributed by atoms with Crippen LogP contribution in [0.4, 0.5) is 0 Å². The number of unbranched alkanes of at least 4 members (excludes halogenated alkanes) is 3. The van der Waals surface area contributed by atoms with Crippen molar-refractivity contribution in [2.45, 2.75) is 45.6 Å². The molecule has 0 aliphatic rings. The molecule has 0 aliphatic heterocycles. The van der Waals surface area contributed by atoms with E-state index in [2.05, 4.69) is 25.2 Å². The Hall–Kier alpha value is -0.730. The molecule has 1 aromatic carbocycles. The van der Waals surface area contributed by atoms with E-state index in [1.54, 1.807) is 0 Å². The van der Waals surface area contributed by atoms with Gasteiger partial charge in [-0.1, -0.05) is 43.9 Å². The van der Waals surface area contributed by atoms with Crippen molar-refractivity contribution < 1.29 is 4.74 Å². The summed E-state index contributed by atoms with van der Waals surface area (Å²) in [6, 6.07) is 6.31. The van der Waals surface area contributed by atoms with Gasteiger partial charge < -0.3 is 10.1 Å². The first kappa shape index (κ1) is 15.3. The Labute approximate surface area is 116 Å². The topological polar surface area (TPSA) is 21.3 Å². The zero-order valence-corrected chi connectivity index (χ0v) is 12.4. The van der Waals surface area contributed by atoms with Gasteiger partial charge in [-0.05, 0) is 38.1 Å². The molecule has 0 saturated carbocycles. The molecule has 18 heavy (non-hydrogen) atoms. The Balaban J connectivity index is 2.47. The fourth-order valence-corrected chi connectivity index (χ4v) is 2.02. The van der Waals surface area contributed by atoms with E-state index in [1.165, 1.54) is 24.8 Å². The summed E-state index contributed by atoms with van der Waals surface area (Å²) in [5, 5.41) is 3.89. The number of halogens is 1. The van der Waals surface area contributed by atoms with Crippen molar-refractivity contribution in [1.29, 1.82) is 0 Å². The van der Waals surface area contributed by atoms with Crippen LogP contribution in [-0.2, 0) is 0 Å². The lowest BCUT2D eigenvalue weighted by molar-refractivity contribution is 0.305. The number of rotatable bonds is 8. The molecule has 0 radical (unpaired) electrons. The lowest BCUT2D eigenvalue weighted by Crippen LogP contribution is -2.12. The Morgan fingerprint density at radius 2 is 2.06 bits per heavy atom. The minimum absolute atomic E-state index is 0.307.